The minimum Gasteiger partial charge on any atom is -0.496 e. The molecule has 5 atom stereocenters. The second-order valence-electron chi connectivity index (χ2n) is 11.2. The molecule has 0 amide bonds. The van der Waals surface area contributed by atoms with Crippen LogP contribution in [0.1, 0.15) is 47.4 Å². The maximum atomic E-state index is 5.70. The Morgan fingerprint density at radius 3 is 2.08 bits per heavy atom. The van der Waals surface area contributed by atoms with Crippen molar-refractivity contribution >= 4 is 0 Å². The molecule has 3 heteroatoms. The number of nitrogens with one attached hydrogen (secondary N) is 1. The minimum absolute atomic E-state index is 0.310. The van der Waals surface area contributed by atoms with Crippen molar-refractivity contribution < 1.29 is 4.74 Å². The van der Waals surface area contributed by atoms with Gasteiger partial charge in [-0.3, -0.25) is 4.90 Å². The Morgan fingerprint density at radius 1 is 0.795 bits per heavy atom. The topological polar surface area (TPSA) is 24.5 Å². The lowest BCUT2D eigenvalue weighted by atomic mass is 9.67. The van der Waals surface area contributed by atoms with Crippen LogP contribution in [0.2, 0.25) is 0 Å². The molecule has 3 aliphatic heterocycles. The number of rotatable bonds is 10. The summed E-state index contributed by atoms with van der Waals surface area (Å²) in [6, 6.07) is 43.2. The van der Waals surface area contributed by atoms with Gasteiger partial charge in [0.25, 0.3) is 0 Å². The maximum Gasteiger partial charge on any atom is 0.123 e. The molecule has 0 aromatic heterocycles. The van der Waals surface area contributed by atoms with Crippen LogP contribution in [-0.4, -0.2) is 36.7 Å². The van der Waals surface area contributed by atoms with E-state index in [1.54, 1.807) is 7.11 Å². The number of fused-ring (bicyclic) bond motifs is 3. The molecule has 3 aliphatic rings. The van der Waals surface area contributed by atoms with Crippen molar-refractivity contribution in [2.24, 2.45) is 5.92 Å². The average Bonchev–Trinajstić information content (AvgIpc) is 3.01. The largest absolute Gasteiger partial charge is 0.496 e. The molecule has 4 aromatic rings. The molecule has 0 saturated carbocycles. The molecule has 39 heavy (non-hydrogen) atoms. The van der Waals surface area contributed by atoms with Crippen molar-refractivity contribution in [3.8, 4) is 5.75 Å². The van der Waals surface area contributed by atoms with E-state index in [1.165, 1.54) is 48.1 Å². The fraction of sp³-hybridized carbons (Fsp3) is 0.333. The van der Waals surface area contributed by atoms with Crippen molar-refractivity contribution in [2.75, 3.05) is 13.7 Å². The fourth-order valence-electron chi connectivity index (χ4n) is 7.24. The molecule has 1 N–H and O–H groups in total. The molecular weight excluding hydrogens is 476 g/mol. The standard InChI is InChI=1S/C36H40N2O/c1-39-33-20-12-11-19-31(33)26-37-35-30-23-24-38(32(25-30)22-21-27-13-5-2-6-14-27)36(35)34(28-15-7-3-8-16-28)29-17-9-4-10-18-29/h2-20,30,32,34-37H,21-26H2,1H3/t30-,32-,35-,36+/m1/s1. The van der Waals surface area contributed by atoms with E-state index in [0.29, 0.717) is 30.0 Å². The van der Waals surface area contributed by atoms with Gasteiger partial charge in [0, 0.05) is 36.2 Å². The smallest absolute Gasteiger partial charge is 0.123 e. The van der Waals surface area contributed by atoms with Crippen LogP contribution in [0.15, 0.2) is 115 Å². The summed E-state index contributed by atoms with van der Waals surface area (Å²) in [5.74, 6) is 1.93. The highest BCUT2D eigenvalue weighted by Gasteiger charge is 2.49. The molecule has 1 unspecified atom stereocenters. The van der Waals surface area contributed by atoms with E-state index in [0.717, 1.165) is 18.7 Å². The number of aryl methyl sites for hydroxylation is 1. The minimum atomic E-state index is 0.310. The van der Waals surface area contributed by atoms with Gasteiger partial charge in [-0.15, -0.1) is 0 Å². The first-order valence-corrected chi connectivity index (χ1v) is 14.6. The van der Waals surface area contributed by atoms with Gasteiger partial charge in [0.2, 0.25) is 0 Å². The fourth-order valence-corrected chi connectivity index (χ4v) is 7.24. The Morgan fingerprint density at radius 2 is 1.41 bits per heavy atom. The number of methoxy groups -OCH3 is 1. The van der Waals surface area contributed by atoms with Gasteiger partial charge in [0.1, 0.15) is 5.75 Å². The lowest BCUT2D eigenvalue weighted by Crippen LogP contribution is -2.67. The zero-order valence-electron chi connectivity index (χ0n) is 23.0. The first-order valence-electron chi connectivity index (χ1n) is 14.6. The van der Waals surface area contributed by atoms with Crippen molar-refractivity contribution in [3.63, 3.8) is 0 Å². The van der Waals surface area contributed by atoms with Crippen molar-refractivity contribution in [1.82, 2.24) is 10.2 Å². The molecule has 4 aromatic carbocycles. The number of nitrogens with zero attached hydrogens (tertiary/aromatic N) is 1. The number of para-hydroxylation sites is 1. The van der Waals surface area contributed by atoms with E-state index in [4.69, 9.17) is 4.74 Å². The van der Waals surface area contributed by atoms with Crippen LogP contribution >= 0.6 is 0 Å². The summed E-state index contributed by atoms with van der Waals surface area (Å²) in [6.45, 7) is 2.00. The molecular formula is C36H40N2O. The van der Waals surface area contributed by atoms with Crippen LogP contribution in [0.4, 0.5) is 0 Å². The normalized spacial score (nSPS) is 24.1. The summed E-state index contributed by atoms with van der Waals surface area (Å²) in [5, 5.41) is 4.09. The zero-order valence-corrected chi connectivity index (χ0v) is 23.0. The van der Waals surface area contributed by atoms with E-state index >= 15 is 0 Å². The van der Waals surface area contributed by atoms with Crippen molar-refractivity contribution in [1.29, 1.82) is 0 Å². The van der Waals surface area contributed by atoms with Gasteiger partial charge in [-0.25, -0.2) is 0 Å². The molecule has 2 bridgehead atoms. The van der Waals surface area contributed by atoms with Crippen molar-refractivity contribution in [3.05, 3.63) is 138 Å². The lowest BCUT2D eigenvalue weighted by molar-refractivity contribution is -0.0418. The van der Waals surface area contributed by atoms with Gasteiger partial charge in [-0.05, 0) is 60.9 Å². The van der Waals surface area contributed by atoms with Gasteiger partial charge in [-0.1, -0.05) is 109 Å². The lowest BCUT2D eigenvalue weighted by Gasteiger charge is -2.58. The molecule has 0 spiro atoms. The highest BCUT2D eigenvalue weighted by atomic mass is 16.5. The van der Waals surface area contributed by atoms with Gasteiger partial charge < -0.3 is 10.1 Å². The first kappa shape index (κ1) is 25.9. The average molecular weight is 517 g/mol. The third-order valence-electron chi connectivity index (χ3n) is 9.05. The highest BCUT2D eigenvalue weighted by molar-refractivity contribution is 5.37. The Bertz CT molecular complexity index is 1270. The summed E-state index contributed by atoms with van der Waals surface area (Å²) >= 11 is 0. The van der Waals surface area contributed by atoms with Gasteiger partial charge in [0.05, 0.1) is 7.11 Å². The molecule has 3 nitrogen and oxygen atoms in total. The van der Waals surface area contributed by atoms with E-state index in [1.807, 2.05) is 0 Å². The number of hydrogen-bond acceptors (Lipinski definition) is 3. The number of piperidine rings is 3. The second kappa shape index (κ2) is 12.2. The zero-order chi connectivity index (χ0) is 26.4. The van der Waals surface area contributed by atoms with Crippen LogP contribution in [-0.2, 0) is 13.0 Å². The molecule has 200 valence electrons. The van der Waals surface area contributed by atoms with Gasteiger partial charge in [-0.2, -0.15) is 0 Å². The van der Waals surface area contributed by atoms with Crippen molar-refractivity contribution in [2.45, 2.75) is 56.3 Å². The molecule has 3 fully saturated rings. The Kier molecular flexibility index (Phi) is 8.08. The summed E-state index contributed by atoms with van der Waals surface area (Å²) in [5.41, 5.74) is 5.50. The van der Waals surface area contributed by atoms with E-state index in [-0.39, 0.29) is 0 Å². The molecule has 3 heterocycles. The summed E-state index contributed by atoms with van der Waals surface area (Å²) in [6.07, 6.45) is 4.89. The molecule has 0 aliphatic carbocycles. The van der Waals surface area contributed by atoms with Crippen LogP contribution in [0.5, 0.6) is 5.75 Å². The Hall–Kier alpha value is -3.40. The summed E-state index contributed by atoms with van der Waals surface area (Å²) < 4.78 is 5.70. The van der Waals surface area contributed by atoms with Gasteiger partial charge >= 0.3 is 0 Å². The quantitative estimate of drug-likeness (QED) is 0.244. The monoisotopic (exact) mass is 516 g/mol. The summed E-state index contributed by atoms with van der Waals surface area (Å²) in [4.78, 5) is 2.88. The number of benzene rings is 4. The van der Waals surface area contributed by atoms with E-state index in [2.05, 4.69) is 125 Å². The second-order valence-corrected chi connectivity index (χ2v) is 11.2. The third kappa shape index (κ3) is 5.66. The number of hydrogen-bond donors (Lipinski definition) is 1. The first-order chi connectivity index (χ1) is 19.3. The molecule has 7 rings (SSSR count). The highest BCUT2D eigenvalue weighted by Crippen LogP contribution is 2.45. The maximum absolute atomic E-state index is 5.70. The van der Waals surface area contributed by atoms with Crippen LogP contribution < -0.4 is 10.1 Å². The third-order valence-corrected chi connectivity index (χ3v) is 9.05. The molecule has 3 saturated heterocycles. The summed E-state index contributed by atoms with van der Waals surface area (Å²) in [7, 11) is 1.77. The van der Waals surface area contributed by atoms with Crippen LogP contribution in [0.3, 0.4) is 0 Å². The van der Waals surface area contributed by atoms with Crippen LogP contribution in [0, 0.1) is 5.92 Å². The van der Waals surface area contributed by atoms with Crippen LogP contribution in [0.25, 0.3) is 0 Å². The predicted octanol–water partition coefficient (Wildman–Crippen LogP) is 7.08. The molecule has 0 radical (unpaired) electrons. The van der Waals surface area contributed by atoms with E-state index < -0.39 is 0 Å². The Balaban J connectivity index is 1.34. The van der Waals surface area contributed by atoms with Gasteiger partial charge in [0.15, 0.2) is 0 Å². The predicted molar refractivity (Wildman–Crippen MR) is 160 cm³/mol. The van der Waals surface area contributed by atoms with E-state index in [9.17, 15) is 0 Å². The number of ether oxygens (including phenoxy) is 1. The Labute approximate surface area is 233 Å². The SMILES string of the molecule is COc1ccccc1CN[C@@H]1[C@@H]2CCN([C@H](CCc3ccccc3)C2)[C@H]1C(c1ccccc1)c1ccccc1.